The first kappa shape index (κ1) is 14.4. The third kappa shape index (κ3) is 3.11. The molecule has 1 N–H and O–H groups in total. The van der Waals surface area contributed by atoms with Crippen molar-refractivity contribution in [2.45, 2.75) is 27.2 Å². The molecule has 104 valence electrons. The number of likely N-dealkylation sites (tertiary alicyclic amines) is 1. The third-order valence-corrected chi connectivity index (χ3v) is 4.38. The van der Waals surface area contributed by atoms with E-state index in [4.69, 9.17) is 0 Å². The summed E-state index contributed by atoms with van der Waals surface area (Å²) >= 11 is 3.28. The van der Waals surface area contributed by atoms with Crippen molar-refractivity contribution >= 4 is 21.8 Å². The van der Waals surface area contributed by atoms with Crippen LogP contribution in [-0.2, 0) is 0 Å². The number of carbonyl (C=O) groups is 1. The van der Waals surface area contributed by atoms with Crippen molar-refractivity contribution in [2.75, 3.05) is 13.1 Å². The molecule has 2 rings (SSSR count). The summed E-state index contributed by atoms with van der Waals surface area (Å²) in [6.45, 7) is 8.18. The average molecular weight is 326 g/mol. The van der Waals surface area contributed by atoms with Crippen LogP contribution in [0.15, 0.2) is 22.7 Å². The lowest BCUT2D eigenvalue weighted by Gasteiger charge is -2.27. The number of nitrogens with zero attached hydrogens (tertiary/aromatic N) is 1. The number of hydrogen-bond donors (Lipinski definition) is 1. The van der Waals surface area contributed by atoms with Gasteiger partial charge in [0.2, 0.25) is 0 Å². The van der Waals surface area contributed by atoms with E-state index in [9.17, 15) is 9.90 Å². The van der Waals surface area contributed by atoms with Crippen molar-refractivity contribution in [1.29, 1.82) is 0 Å². The molecule has 1 fully saturated rings. The highest BCUT2D eigenvalue weighted by atomic mass is 79.9. The summed E-state index contributed by atoms with van der Waals surface area (Å²) in [6, 6.07) is 5.01. The molecule has 1 unspecified atom stereocenters. The van der Waals surface area contributed by atoms with Gasteiger partial charge in [0.1, 0.15) is 5.75 Å². The first-order valence-corrected chi connectivity index (χ1v) is 7.36. The lowest BCUT2D eigenvalue weighted by atomic mass is 9.80. The topological polar surface area (TPSA) is 40.5 Å². The molecule has 0 bridgehead atoms. The molecule has 1 aliphatic heterocycles. The number of rotatable bonds is 1. The van der Waals surface area contributed by atoms with Gasteiger partial charge in [-0.3, -0.25) is 4.79 Å². The zero-order valence-corrected chi connectivity index (χ0v) is 13.2. The molecule has 1 amide bonds. The van der Waals surface area contributed by atoms with Crippen LogP contribution in [0.3, 0.4) is 0 Å². The molecule has 1 aliphatic rings. The minimum atomic E-state index is -0.0725. The Kier molecular flexibility index (Phi) is 3.90. The molecule has 1 heterocycles. The lowest BCUT2D eigenvalue weighted by molar-refractivity contribution is 0.0773. The van der Waals surface area contributed by atoms with E-state index >= 15 is 0 Å². The minimum Gasteiger partial charge on any atom is -0.507 e. The Morgan fingerprint density at radius 2 is 2.11 bits per heavy atom. The zero-order chi connectivity index (χ0) is 14.2. The molecule has 1 saturated heterocycles. The van der Waals surface area contributed by atoms with Crippen molar-refractivity contribution in [3.05, 3.63) is 28.2 Å². The fourth-order valence-corrected chi connectivity index (χ4v) is 2.86. The quantitative estimate of drug-likeness (QED) is 0.855. The molecule has 0 spiro atoms. The van der Waals surface area contributed by atoms with Crippen LogP contribution in [0.25, 0.3) is 0 Å². The maximum atomic E-state index is 12.4. The van der Waals surface area contributed by atoms with E-state index < -0.39 is 0 Å². The molecule has 0 saturated carbocycles. The molecule has 4 heteroatoms. The highest BCUT2D eigenvalue weighted by molar-refractivity contribution is 9.10. The third-order valence-electron chi connectivity index (χ3n) is 3.89. The van der Waals surface area contributed by atoms with Gasteiger partial charge < -0.3 is 10.0 Å². The second-order valence-electron chi connectivity index (χ2n) is 6.26. The van der Waals surface area contributed by atoms with Gasteiger partial charge in [-0.25, -0.2) is 0 Å². The highest BCUT2D eigenvalue weighted by Crippen LogP contribution is 2.34. The first-order valence-electron chi connectivity index (χ1n) is 6.57. The number of aromatic hydroxyl groups is 1. The number of phenolic OH excluding ortho intramolecular Hbond substituents is 1. The monoisotopic (exact) mass is 325 g/mol. The molecule has 1 atom stereocenters. The predicted octanol–water partition coefficient (Wildman–Crippen LogP) is 3.66. The SMILES string of the molecule is CC(C)(C)C1CCN(C(=O)c2ccc(Br)cc2O)C1. The molecule has 1 aromatic rings. The Morgan fingerprint density at radius 1 is 1.42 bits per heavy atom. The minimum absolute atomic E-state index is 0.0404. The number of phenols is 1. The van der Waals surface area contributed by atoms with Gasteiger partial charge in [-0.2, -0.15) is 0 Å². The standard InChI is InChI=1S/C15H20BrNO2/c1-15(2,3)10-6-7-17(9-10)14(19)12-5-4-11(16)8-13(12)18/h4-5,8,10,18H,6-7,9H2,1-3H3. The van der Waals surface area contributed by atoms with Crippen LogP contribution in [0.4, 0.5) is 0 Å². The Hall–Kier alpha value is -1.03. The zero-order valence-electron chi connectivity index (χ0n) is 11.6. The second-order valence-corrected chi connectivity index (χ2v) is 7.18. The Bertz CT molecular complexity index is 493. The van der Waals surface area contributed by atoms with Gasteiger partial charge in [0.05, 0.1) is 5.56 Å². The number of benzene rings is 1. The largest absolute Gasteiger partial charge is 0.507 e. The van der Waals surface area contributed by atoms with Crippen LogP contribution in [0.2, 0.25) is 0 Å². The molecule has 1 aromatic carbocycles. The summed E-state index contributed by atoms with van der Waals surface area (Å²) in [5.74, 6) is 0.490. The van der Waals surface area contributed by atoms with Crippen LogP contribution in [-0.4, -0.2) is 29.0 Å². The van der Waals surface area contributed by atoms with Gasteiger partial charge in [0.25, 0.3) is 5.91 Å². The van der Waals surface area contributed by atoms with Crippen molar-refractivity contribution in [2.24, 2.45) is 11.3 Å². The number of amides is 1. The second kappa shape index (κ2) is 5.16. The maximum Gasteiger partial charge on any atom is 0.257 e. The summed E-state index contributed by atoms with van der Waals surface area (Å²) < 4.78 is 0.774. The molecular weight excluding hydrogens is 306 g/mol. The number of carbonyl (C=O) groups excluding carboxylic acids is 1. The van der Waals surface area contributed by atoms with E-state index in [0.717, 1.165) is 24.0 Å². The van der Waals surface area contributed by atoms with E-state index in [2.05, 4.69) is 36.7 Å². The summed E-state index contributed by atoms with van der Waals surface area (Å²) in [5.41, 5.74) is 0.606. The van der Waals surface area contributed by atoms with Crippen LogP contribution in [0, 0.1) is 11.3 Å². The molecule has 19 heavy (non-hydrogen) atoms. The van der Waals surface area contributed by atoms with Crippen molar-refractivity contribution < 1.29 is 9.90 Å². The first-order chi connectivity index (χ1) is 8.79. The van der Waals surface area contributed by atoms with Crippen molar-refractivity contribution in [1.82, 2.24) is 4.90 Å². The average Bonchev–Trinajstić information content (AvgIpc) is 2.76. The van der Waals surface area contributed by atoms with E-state index in [1.54, 1.807) is 18.2 Å². The Labute approximate surface area is 122 Å². The summed E-state index contributed by atoms with van der Waals surface area (Å²) in [6.07, 6.45) is 1.03. The van der Waals surface area contributed by atoms with Gasteiger partial charge in [0.15, 0.2) is 0 Å². The van der Waals surface area contributed by atoms with E-state index in [-0.39, 0.29) is 17.1 Å². The number of hydrogen-bond acceptors (Lipinski definition) is 2. The van der Waals surface area contributed by atoms with Gasteiger partial charge in [-0.15, -0.1) is 0 Å². The molecule has 3 nitrogen and oxygen atoms in total. The van der Waals surface area contributed by atoms with Gasteiger partial charge in [0, 0.05) is 17.6 Å². The van der Waals surface area contributed by atoms with E-state index in [0.29, 0.717) is 11.5 Å². The lowest BCUT2D eigenvalue weighted by Crippen LogP contribution is -2.31. The van der Waals surface area contributed by atoms with Gasteiger partial charge >= 0.3 is 0 Å². The molecule has 0 aliphatic carbocycles. The number of halogens is 1. The smallest absolute Gasteiger partial charge is 0.257 e. The normalized spacial score (nSPS) is 19.8. The van der Waals surface area contributed by atoms with Gasteiger partial charge in [-0.05, 0) is 36.0 Å². The van der Waals surface area contributed by atoms with Crippen molar-refractivity contribution in [3.63, 3.8) is 0 Å². The van der Waals surface area contributed by atoms with Crippen LogP contribution >= 0.6 is 15.9 Å². The van der Waals surface area contributed by atoms with Crippen molar-refractivity contribution in [3.8, 4) is 5.75 Å². The maximum absolute atomic E-state index is 12.4. The van der Waals surface area contributed by atoms with Crippen LogP contribution in [0.1, 0.15) is 37.6 Å². The Balaban J connectivity index is 2.14. The summed E-state index contributed by atoms with van der Waals surface area (Å²) in [4.78, 5) is 14.2. The fraction of sp³-hybridized carbons (Fsp3) is 0.533. The van der Waals surface area contributed by atoms with Gasteiger partial charge in [-0.1, -0.05) is 36.7 Å². The van der Waals surface area contributed by atoms with Crippen LogP contribution in [0.5, 0.6) is 5.75 Å². The van der Waals surface area contributed by atoms with Crippen LogP contribution < -0.4 is 0 Å². The molecular formula is C15H20BrNO2. The Morgan fingerprint density at radius 3 is 2.63 bits per heavy atom. The van der Waals surface area contributed by atoms with E-state index in [1.807, 2.05) is 4.90 Å². The fourth-order valence-electron chi connectivity index (χ4n) is 2.51. The highest BCUT2D eigenvalue weighted by Gasteiger charge is 2.34. The summed E-state index contributed by atoms with van der Waals surface area (Å²) in [5, 5.41) is 9.87. The predicted molar refractivity (Wildman–Crippen MR) is 79.3 cm³/mol. The molecule has 0 aromatic heterocycles. The summed E-state index contributed by atoms with van der Waals surface area (Å²) in [7, 11) is 0. The van der Waals surface area contributed by atoms with E-state index in [1.165, 1.54) is 0 Å². The molecule has 0 radical (unpaired) electrons.